The first-order valence-electron chi connectivity index (χ1n) is 5.22. The van der Waals surface area contributed by atoms with Crippen molar-refractivity contribution in [3.8, 4) is 0 Å². The van der Waals surface area contributed by atoms with E-state index < -0.39 is 23.4 Å². The lowest BCUT2D eigenvalue weighted by Crippen LogP contribution is -2.31. The minimum absolute atomic E-state index is 0.0668. The summed E-state index contributed by atoms with van der Waals surface area (Å²) in [5, 5.41) is 24.8. The van der Waals surface area contributed by atoms with Crippen LogP contribution >= 0.6 is 0 Å². The van der Waals surface area contributed by atoms with Crippen molar-refractivity contribution >= 4 is 17.6 Å². The Kier molecular flexibility index (Phi) is 5.41. The zero-order chi connectivity index (χ0) is 14.3. The van der Waals surface area contributed by atoms with Gasteiger partial charge in [-0.3, -0.25) is 19.6 Å². The van der Waals surface area contributed by atoms with E-state index in [0.29, 0.717) is 0 Å². The number of rotatable bonds is 8. The number of nitro groups is 1. The summed E-state index contributed by atoms with van der Waals surface area (Å²) < 4.78 is 5.84. The first-order chi connectivity index (χ1) is 8.99. The zero-order valence-corrected chi connectivity index (χ0v) is 9.81. The molecule has 19 heavy (non-hydrogen) atoms. The molecule has 0 spiro atoms. The van der Waals surface area contributed by atoms with Gasteiger partial charge in [0.05, 0.1) is 11.5 Å². The van der Waals surface area contributed by atoms with Crippen molar-refractivity contribution in [3.05, 3.63) is 22.5 Å². The van der Waals surface area contributed by atoms with Crippen molar-refractivity contribution in [2.45, 2.75) is 6.54 Å². The highest BCUT2D eigenvalue weighted by Crippen LogP contribution is 2.07. The molecule has 1 aromatic rings. The number of amides is 1. The lowest BCUT2D eigenvalue weighted by Gasteiger charge is -2.04. The molecular formula is C9H12N4O6. The highest BCUT2D eigenvalue weighted by molar-refractivity contribution is 5.75. The quantitative estimate of drug-likeness (QED) is 0.352. The monoisotopic (exact) mass is 272 g/mol. The normalized spacial score (nSPS) is 10.1. The molecule has 0 unspecified atom stereocenters. The molecule has 0 radical (unpaired) electrons. The van der Waals surface area contributed by atoms with Crippen LogP contribution in [0, 0.1) is 10.1 Å². The minimum atomic E-state index is -1.09. The van der Waals surface area contributed by atoms with E-state index >= 15 is 0 Å². The van der Waals surface area contributed by atoms with Gasteiger partial charge in [0, 0.05) is 6.54 Å². The third-order valence-electron chi connectivity index (χ3n) is 1.93. The molecule has 0 bridgehead atoms. The number of carboxylic acids is 1. The van der Waals surface area contributed by atoms with Gasteiger partial charge in [-0.25, -0.2) is 4.79 Å². The molecule has 0 saturated carbocycles. The molecule has 1 amide bonds. The van der Waals surface area contributed by atoms with E-state index in [4.69, 9.17) is 9.84 Å². The van der Waals surface area contributed by atoms with Gasteiger partial charge in [0.1, 0.15) is 25.5 Å². The number of aromatic nitrogens is 2. The standard InChI is InChI=1S/C9H12N4O6/c14-8(10-1-2-19-6-9(15)16)5-12-4-7(3-11-12)13(17)18/h3-4H,1-2,5-6H2,(H,10,14)(H,15,16). The lowest BCUT2D eigenvalue weighted by atomic mass is 10.5. The number of hydrogen-bond donors (Lipinski definition) is 2. The summed E-state index contributed by atoms with van der Waals surface area (Å²) in [6, 6.07) is 0. The Hall–Kier alpha value is -2.49. The van der Waals surface area contributed by atoms with Crippen LogP contribution in [0.4, 0.5) is 5.69 Å². The van der Waals surface area contributed by atoms with E-state index in [1.807, 2.05) is 0 Å². The average Bonchev–Trinajstić information content (AvgIpc) is 2.76. The van der Waals surface area contributed by atoms with Crippen LogP contribution in [0.3, 0.4) is 0 Å². The van der Waals surface area contributed by atoms with Crippen molar-refractivity contribution in [1.82, 2.24) is 15.1 Å². The Balaban J connectivity index is 2.23. The first kappa shape index (κ1) is 14.6. The van der Waals surface area contributed by atoms with Gasteiger partial charge in [0.2, 0.25) is 5.91 Å². The summed E-state index contributed by atoms with van der Waals surface area (Å²) in [5.41, 5.74) is -0.197. The number of carbonyl (C=O) groups excluding carboxylic acids is 1. The Morgan fingerprint density at radius 2 is 2.32 bits per heavy atom. The topological polar surface area (TPSA) is 137 Å². The number of carbonyl (C=O) groups is 2. The summed E-state index contributed by atoms with van der Waals surface area (Å²) in [5.74, 6) is -1.49. The van der Waals surface area contributed by atoms with E-state index in [1.165, 1.54) is 0 Å². The molecule has 0 aromatic carbocycles. The molecule has 0 atom stereocenters. The molecule has 0 aliphatic carbocycles. The molecule has 0 fully saturated rings. The number of hydrogen-bond acceptors (Lipinski definition) is 6. The summed E-state index contributed by atoms with van der Waals surface area (Å²) in [6.07, 6.45) is 2.18. The lowest BCUT2D eigenvalue weighted by molar-refractivity contribution is -0.385. The molecule has 10 heteroatoms. The molecule has 1 heterocycles. The highest BCUT2D eigenvalue weighted by Gasteiger charge is 2.10. The zero-order valence-electron chi connectivity index (χ0n) is 9.81. The first-order valence-corrected chi connectivity index (χ1v) is 5.22. The molecule has 0 aliphatic heterocycles. The molecular weight excluding hydrogens is 260 g/mol. The largest absolute Gasteiger partial charge is 0.480 e. The maximum atomic E-state index is 11.4. The van der Waals surface area contributed by atoms with Gasteiger partial charge in [0.25, 0.3) is 0 Å². The average molecular weight is 272 g/mol. The minimum Gasteiger partial charge on any atom is -0.480 e. The second kappa shape index (κ2) is 7.06. The number of carboxylic acid groups (broad SMARTS) is 1. The second-order valence-corrected chi connectivity index (χ2v) is 3.45. The Labute approximate surface area is 107 Å². The predicted molar refractivity (Wildman–Crippen MR) is 60.3 cm³/mol. The van der Waals surface area contributed by atoms with Crippen molar-refractivity contribution in [2.75, 3.05) is 19.8 Å². The van der Waals surface area contributed by atoms with Gasteiger partial charge in [0.15, 0.2) is 0 Å². The molecule has 0 aliphatic rings. The second-order valence-electron chi connectivity index (χ2n) is 3.45. The van der Waals surface area contributed by atoms with Crippen LogP contribution in [0.15, 0.2) is 12.4 Å². The Morgan fingerprint density at radius 3 is 2.89 bits per heavy atom. The molecule has 1 aromatic heterocycles. The van der Waals surface area contributed by atoms with Crippen LogP contribution in [-0.4, -0.2) is 51.4 Å². The smallest absolute Gasteiger partial charge is 0.329 e. The highest BCUT2D eigenvalue weighted by atomic mass is 16.6. The van der Waals surface area contributed by atoms with Crippen molar-refractivity contribution in [3.63, 3.8) is 0 Å². The van der Waals surface area contributed by atoms with Crippen LogP contribution in [0.2, 0.25) is 0 Å². The maximum absolute atomic E-state index is 11.4. The van der Waals surface area contributed by atoms with Crippen LogP contribution in [0.1, 0.15) is 0 Å². The van der Waals surface area contributed by atoms with Crippen LogP contribution in [0.5, 0.6) is 0 Å². The van der Waals surface area contributed by atoms with Gasteiger partial charge < -0.3 is 15.2 Å². The fraction of sp³-hybridized carbons (Fsp3) is 0.444. The van der Waals surface area contributed by atoms with E-state index in [-0.39, 0.29) is 25.4 Å². The molecule has 10 nitrogen and oxygen atoms in total. The third kappa shape index (κ3) is 5.59. The summed E-state index contributed by atoms with van der Waals surface area (Å²) in [4.78, 5) is 31.3. The number of nitrogens with one attached hydrogen (secondary N) is 1. The van der Waals surface area contributed by atoms with Gasteiger partial charge >= 0.3 is 11.7 Å². The fourth-order valence-corrected chi connectivity index (χ4v) is 1.16. The number of aliphatic carboxylic acids is 1. The van der Waals surface area contributed by atoms with E-state index in [2.05, 4.69) is 10.4 Å². The maximum Gasteiger partial charge on any atom is 0.329 e. The summed E-state index contributed by atoms with van der Waals surface area (Å²) in [6.45, 7) is -0.374. The SMILES string of the molecule is O=C(O)COCCNC(=O)Cn1cc([N+](=O)[O-])cn1. The summed E-state index contributed by atoms with van der Waals surface area (Å²) in [7, 11) is 0. The van der Waals surface area contributed by atoms with Crippen molar-refractivity contribution in [2.24, 2.45) is 0 Å². The summed E-state index contributed by atoms with van der Waals surface area (Å²) >= 11 is 0. The van der Waals surface area contributed by atoms with Crippen molar-refractivity contribution < 1.29 is 24.4 Å². The Bertz CT molecular complexity index is 471. The molecule has 1 rings (SSSR count). The number of ether oxygens (including phenoxy) is 1. The van der Waals surface area contributed by atoms with E-state index in [0.717, 1.165) is 17.1 Å². The van der Waals surface area contributed by atoms with Gasteiger partial charge in [-0.2, -0.15) is 5.10 Å². The van der Waals surface area contributed by atoms with E-state index in [1.54, 1.807) is 0 Å². The fourth-order valence-electron chi connectivity index (χ4n) is 1.16. The number of nitrogens with zero attached hydrogens (tertiary/aromatic N) is 3. The van der Waals surface area contributed by atoms with Crippen LogP contribution in [0.25, 0.3) is 0 Å². The van der Waals surface area contributed by atoms with Gasteiger partial charge in [-0.05, 0) is 0 Å². The van der Waals surface area contributed by atoms with E-state index in [9.17, 15) is 19.7 Å². The van der Waals surface area contributed by atoms with Crippen LogP contribution < -0.4 is 5.32 Å². The molecule has 104 valence electrons. The van der Waals surface area contributed by atoms with Crippen molar-refractivity contribution in [1.29, 1.82) is 0 Å². The predicted octanol–water partition coefficient (Wildman–Crippen LogP) is -0.991. The molecule has 0 saturated heterocycles. The van der Waals surface area contributed by atoms with Crippen LogP contribution in [-0.2, 0) is 20.9 Å². The van der Waals surface area contributed by atoms with Gasteiger partial charge in [-0.1, -0.05) is 0 Å². The Morgan fingerprint density at radius 1 is 1.58 bits per heavy atom. The molecule has 2 N–H and O–H groups in total. The van der Waals surface area contributed by atoms with Gasteiger partial charge in [-0.15, -0.1) is 0 Å². The third-order valence-corrected chi connectivity index (χ3v) is 1.93.